The molecule has 2 fully saturated rings. The number of thioether (sulfide) groups is 1. The van der Waals surface area contributed by atoms with Gasteiger partial charge in [-0.3, -0.25) is 19.1 Å². The molecule has 0 N–H and O–H groups in total. The minimum absolute atomic E-state index is 0.0771. The second-order valence-electron chi connectivity index (χ2n) is 11.7. The van der Waals surface area contributed by atoms with Gasteiger partial charge in [-0.1, -0.05) is 88.7 Å². The maximum absolute atomic E-state index is 13.5. The van der Waals surface area contributed by atoms with Gasteiger partial charge in [0.2, 0.25) is 0 Å². The first-order valence-corrected chi connectivity index (χ1v) is 17.1. The Balaban J connectivity index is 1.45. The predicted molar refractivity (Wildman–Crippen MR) is 184 cm³/mol. The van der Waals surface area contributed by atoms with E-state index in [1.165, 1.54) is 79.8 Å². The van der Waals surface area contributed by atoms with E-state index >= 15 is 0 Å². The highest BCUT2D eigenvalue weighted by Crippen LogP contribution is 2.36. The molecule has 0 unspecified atom stereocenters. The molecule has 0 saturated carbocycles. The lowest BCUT2D eigenvalue weighted by atomic mass is 10.0. The number of nitrogens with zero attached hydrogens (tertiary/aromatic N) is 5. The van der Waals surface area contributed by atoms with Crippen LogP contribution in [0.25, 0.3) is 6.08 Å². The molecule has 2 aliphatic heterocycles. The zero-order valence-corrected chi connectivity index (χ0v) is 27.9. The zero-order valence-electron chi connectivity index (χ0n) is 26.2. The average molecular weight is 638 g/mol. The van der Waals surface area contributed by atoms with Crippen molar-refractivity contribution in [2.24, 2.45) is 7.05 Å². The third-order valence-corrected chi connectivity index (χ3v) is 10.0. The first kappa shape index (κ1) is 33.7. The summed E-state index contributed by atoms with van der Waals surface area (Å²) in [6.07, 6.45) is 14.1. The highest BCUT2D eigenvalue weighted by Gasteiger charge is 2.33. The van der Waals surface area contributed by atoms with Crippen molar-refractivity contribution in [1.29, 1.82) is 5.26 Å². The van der Waals surface area contributed by atoms with Crippen LogP contribution in [0.15, 0.2) is 34.0 Å². The summed E-state index contributed by atoms with van der Waals surface area (Å²) < 4.78 is 15.5. The number of hydrogen-bond acceptors (Lipinski definition) is 7. The third-order valence-electron chi connectivity index (χ3n) is 8.62. The first-order chi connectivity index (χ1) is 21.3. The molecule has 2 aromatic rings. The Morgan fingerprint density at radius 2 is 1.50 bits per heavy atom. The molecule has 1 aromatic carbocycles. The van der Waals surface area contributed by atoms with Gasteiger partial charge < -0.3 is 9.80 Å². The molecular formula is C34H44FN5O2S2. The second-order valence-corrected chi connectivity index (χ2v) is 13.4. The number of nitriles is 1. The van der Waals surface area contributed by atoms with Crippen molar-refractivity contribution in [3.05, 3.63) is 62.0 Å². The molecule has 1 amide bonds. The minimum Gasteiger partial charge on any atom is -0.368 e. The van der Waals surface area contributed by atoms with Crippen LogP contribution in [0.2, 0.25) is 0 Å². The number of thiocarbonyl (C=S) groups is 1. The summed E-state index contributed by atoms with van der Waals surface area (Å²) in [7, 11) is 1.68. The topological polar surface area (TPSA) is 72.6 Å². The van der Waals surface area contributed by atoms with Crippen molar-refractivity contribution < 1.29 is 9.18 Å². The Morgan fingerprint density at radius 1 is 0.932 bits per heavy atom. The van der Waals surface area contributed by atoms with E-state index in [2.05, 4.69) is 22.8 Å². The van der Waals surface area contributed by atoms with Crippen LogP contribution in [0.4, 0.5) is 15.9 Å². The molecule has 0 aliphatic carbocycles. The Morgan fingerprint density at radius 3 is 2.09 bits per heavy atom. The fourth-order valence-corrected chi connectivity index (χ4v) is 7.29. The van der Waals surface area contributed by atoms with Crippen molar-refractivity contribution in [2.45, 2.75) is 78.1 Å². The molecule has 0 radical (unpaired) electrons. The minimum atomic E-state index is -0.355. The normalized spacial score (nSPS) is 16.3. The predicted octanol–water partition coefficient (Wildman–Crippen LogP) is 7.15. The smallest absolute Gasteiger partial charge is 0.270 e. The molecular weight excluding hydrogens is 594 g/mol. The van der Waals surface area contributed by atoms with Gasteiger partial charge in [0, 0.05) is 51.0 Å². The largest absolute Gasteiger partial charge is 0.368 e. The SMILES string of the molecule is CCCCCCCCCCCCN1C(=O)/C(=C\c2c(C)c(C#N)c(=O)n(C)c2N2CCN(c3ccc(F)cc3)CC2)SC1=S. The van der Waals surface area contributed by atoms with Gasteiger partial charge in [0.05, 0.1) is 4.91 Å². The number of unbranched alkanes of at least 4 members (excludes halogenated alkanes) is 9. The molecule has 0 atom stereocenters. The number of benzene rings is 1. The number of aromatic nitrogens is 1. The third kappa shape index (κ3) is 8.10. The standard InChI is InChI=1S/C34H44FN5O2S2/c1-4-5-6-7-8-9-10-11-12-13-18-40-33(42)30(44-34(40)43)23-28-25(2)29(24-36)32(41)37(3)31(28)39-21-19-38(20-22-39)27-16-14-26(35)15-17-27/h14-17,23H,4-13,18-22H2,1-3H3/b30-23+. The Labute approximate surface area is 270 Å². The monoisotopic (exact) mass is 637 g/mol. The molecule has 0 bridgehead atoms. The van der Waals surface area contributed by atoms with E-state index in [0.29, 0.717) is 58.9 Å². The highest BCUT2D eigenvalue weighted by molar-refractivity contribution is 8.26. The van der Waals surface area contributed by atoms with E-state index in [1.807, 2.05) is 6.08 Å². The van der Waals surface area contributed by atoms with Gasteiger partial charge in [-0.25, -0.2) is 4.39 Å². The van der Waals surface area contributed by atoms with Gasteiger partial charge in [-0.2, -0.15) is 5.26 Å². The van der Waals surface area contributed by atoms with Gasteiger partial charge in [-0.15, -0.1) is 0 Å². The molecule has 3 heterocycles. The van der Waals surface area contributed by atoms with Gasteiger partial charge in [0.1, 0.15) is 27.6 Å². The van der Waals surface area contributed by atoms with Crippen molar-refractivity contribution in [3.63, 3.8) is 0 Å². The Bertz CT molecular complexity index is 1460. The van der Waals surface area contributed by atoms with Crippen LogP contribution in [-0.2, 0) is 11.8 Å². The average Bonchev–Trinajstić information content (AvgIpc) is 3.29. The fraction of sp³-hybridized carbons (Fsp3) is 0.529. The van der Waals surface area contributed by atoms with Crippen LogP contribution in [-0.4, -0.2) is 52.4 Å². The quantitative estimate of drug-likeness (QED) is 0.124. The number of pyridine rings is 1. The fourth-order valence-electron chi connectivity index (χ4n) is 6.00. The van der Waals surface area contributed by atoms with E-state index in [-0.39, 0.29) is 22.8 Å². The summed E-state index contributed by atoms with van der Waals surface area (Å²) in [4.78, 5) is 33.2. The maximum atomic E-state index is 13.5. The van der Waals surface area contributed by atoms with Crippen molar-refractivity contribution in [3.8, 4) is 6.07 Å². The molecule has 1 aromatic heterocycles. The number of carbonyl (C=O) groups is 1. The van der Waals surface area contributed by atoms with E-state index in [0.717, 1.165) is 18.5 Å². The Kier molecular flexibility index (Phi) is 12.4. The number of hydrogen-bond donors (Lipinski definition) is 0. The van der Waals surface area contributed by atoms with Crippen LogP contribution in [0.3, 0.4) is 0 Å². The molecule has 2 saturated heterocycles. The summed E-state index contributed by atoms with van der Waals surface area (Å²) >= 11 is 6.90. The van der Waals surface area contributed by atoms with E-state index in [9.17, 15) is 19.2 Å². The van der Waals surface area contributed by atoms with Crippen LogP contribution in [0.5, 0.6) is 0 Å². The summed E-state index contributed by atoms with van der Waals surface area (Å²) in [6.45, 7) is 7.22. The summed E-state index contributed by atoms with van der Waals surface area (Å²) in [5.41, 5.74) is 1.92. The lowest BCUT2D eigenvalue weighted by Crippen LogP contribution is -2.48. The van der Waals surface area contributed by atoms with Crippen LogP contribution < -0.4 is 15.4 Å². The molecule has 4 rings (SSSR count). The number of piperazine rings is 1. The van der Waals surface area contributed by atoms with Crippen LogP contribution >= 0.6 is 24.0 Å². The lowest BCUT2D eigenvalue weighted by molar-refractivity contribution is -0.122. The maximum Gasteiger partial charge on any atom is 0.270 e. The van der Waals surface area contributed by atoms with Crippen LogP contribution in [0, 0.1) is 24.1 Å². The molecule has 10 heteroatoms. The van der Waals surface area contributed by atoms with E-state index in [4.69, 9.17) is 12.2 Å². The number of carbonyl (C=O) groups excluding carboxylic acids is 1. The van der Waals surface area contributed by atoms with E-state index in [1.54, 1.807) is 31.0 Å². The van der Waals surface area contributed by atoms with Gasteiger partial charge in [0.15, 0.2) is 0 Å². The lowest BCUT2D eigenvalue weighted by Gasteiger charge is -2.38. The summed E-state index contributed by atoms with van der Waals surface area (Å²) in [5, 5.41) is 9.82. The highest BCUT2D eigenvalue weighted by atomic mass is 32.2. The number of rotatable bonds is 14. The van der Waals surface area contributed by atoms with Gasteiger partial charge in [0.25, 0.3) is 11.5 Å². The molecule has 7 nitrogen and oxygen atoms in total. The van der Waals surface area contributed by atoms with E-state index < -0.39 is 0 Å². The number of amides is 1. The zero-order chi connectivity index (χ0) is 31.6. The first-order valence-electron chi connectivity index (χ1n) is 15.9. The van der Waals surface area contributed by atoms with Crippen molar-refractivity contribution >= 4 is 51.8 Å². The molecule has 0 spiro atoms. The number of halogens is 1. The van der Waals surface area contributed by atoms with Crippen molar-refractivity contribution in [1.82, 2.24) is 9.47 Å². The summed E-state index contributed by atoms with van der Waals surface area (Å²) in [5.74, 6) is 0.300. The number of anilines is 2. The second kappa shape index (κ2) is 16.2. The molecule has 44 heavy (non-hydrogen) atoms. The Hall–Kier alpha value is -3.16. The summed E-state index contributed by atoms with van der Waals surface area (Å²) in [6, 6.07) is 8.54. The van der Waals surface area contributed by atoms with Gasteiger partial charge in [-0.05, 0) is 49.2 Å². The van der Waals surface area contributed by atoms with Crippen LogP contribution in [0.1, 0.15) is 87.8 Å². The molecule has 236 valence electrons. The molecule has 2 aliphatic rings. The van der Waals surface area contributed by atoms with Gasteiger partial charge >= 0.3 is 0 Å². The van der Waals surface area contributed by atoms with Crippen molar-refractivity contribution in [2.75, 3.05) is 42.5 Å².